The SMILES string of the molecule is c1ccc(-c2cccc(-n3c4ccc5ccccc5c4c4c5ccn(-c6ccc7c8ccccc8n(-c8ccc(-c9cc(-c%10ccccc%10)nc(-c%10ccccc%10)n9)cc8)c7c6)c5ccc43)c2)cc1. The summed E-state index contributed by atoms with van der Waals surface area (Å²) in [6.45, 7) is 0. The molecule has 322 valence electrons. The Kier molecular flexibility index (Phi) is 8.83. The van der Waals surface area contributed by atoms with Crippen LogP contribution in [0.15, 0.2) is 249 Å². The number of para-hydroxylation sites is 1. The molecule has 0 N–H and O–H groups in total. The fourth-order valence-electron chi connectivity index (χ4n) is 10.7. The predicted octanol–water partition coefficient (Wildman–Crippen LogP) is 16.4. The monoisotopic (exact) mass is 879 g/mol. The van der Waals surface area contributed by atoms with Crippen molar-refractivity contribution < 1.29 is 0 Å². The number of fused-ring (bicyclic) bond motifs is 10. The van der Waals surface area contributed by atoms with Crippen LogP contribution >= 0.6 is 0 Å². The fourth-order valence-corrected chi connectivity index (χ4v) is 10.7. The van der Waals surface area contributed by atoms with E-state index in [1.165, 1.54) is 59.9 Å². The predicted molar refractivity (Wildman–Crippen MR) is 287 cm³/mol. The van der Waals surface area contributed by atoms with Gasteiger partial charge in [0.1, 0.15) is 0 Å². The molecule has 5 nitrogen and oxygen atoms in total. The highest BCUT2D eigenvalue weighted by Gasteiger charge is 2.21. The minimum Gasteiger partial charge on any atom is -0.316 e. The van der Waals surface area contributed by atoms with Crippen LogP contribution < -0.4 is 0 Å². The van der Waals surface area contributed by atoms with Gasteiger partial charge >= 0.3 is 0 Å². The van der Waals surface area contributed by atoms with Gasteiger partial charge in [0.15, 0.2) is 5.82 Å². The second-order valence-electron chi connectivity index (χ2n) is 17.8. The number of nitrogens with zero attached hydrogens (tertiary/aromatic N) is 5. The maximum atomic E-state index is 5.12. The van der Waals surface area contributed by atoms with Crippen molar-refractivity contribution in [3.63, 3.8) is 0 Å². The maximum Gasteiger partial charge on any atom is 0.160 e. The van der Waals surface area contributed by atoms with Crippen molar-refractivity contribution in [1.82, 2.24) is 23.7 Å². The van der Waals surface area contributed by atoms with Crippen LogP contribution in [0, 0.1) is 0 Å². The molecule has 4 aromatic heterocycles. The minimum atomic E-state index is 0.706. The first-order valence-electron chi connectivity index (χ1n) is 23.5. The largest absolute Gasteiger partial charge is 0.316 e. The van der Waals surface area contributed by atoms with Crippen LogP contribution in [0.5, 0.6) is 0 Å². The molecular formula is C64H41N5. The van der Waals surface area contributed by atoms with Crippen molar-refractivity contribution in [3.05, 3.63) is 249 Å². The van der Waals surface area contributed by atoms with Gasteiger partial charge in [-0.15, -0.1) is 0 Å². The van der Waals surface area contributed by atoms with Crippen molar-refractivity contribution in [2.75, 3.05) is 0 Å². The summed E-state index contributed by atoms with van der Waals surface area (Å²) in [5.41, 5.74) is 16.4. The molecule has 0 atom stereocenters. The van der Waals surface area contributed by atoms with E-state index < -0.39 is 0 Å². The lowest BCUT2D eigenvalue weighted by Crippen LogP contribution is -1.98. The molecule has 69 heavy (non-hydrogen) atoms. The lowest BCUT2D eigenvalue weighted by molar-refractivity contribution is 1.12. The van der Waals surface area contributed by atoms with Crippen molar-refractivity contribution >= 4 is 65.3 Å². The Labute approximate surface area is 398 Å². The van der Waals surface area contributed by atoms with E-state index in [9.17, 15) is 0 Å². The molecule has 0 aliphatic carbocycles. The number of rotatable bonds is 7. The number of aromatic nitrogens is 5. The van der Waals surface area contributed by atoms with Crippen molar-refractivity contribution in [2.45, 2.75) is 0 Å². The Morgan fingerprint density at radius 2 is 0.841 bits per heavy atom. The Morgan fingerprint density at radius 3 is 1.61 bits per heavy atom. The van der Waals surface area contributed by atoms with Gasteiger partial charge in [0.25, 0.3) is 0 Å². The molecule has 0 radical (unpaired) electrons. The molecule has 4 heterocycles. The van der Waals surface area contributed by atoms with Crippen LogP contribution in [-0.4, -0.2) is 23.7 Å². The van der Waals surface area contributed by atoms with E-state index in [-0.39, 0.29) is 0 Å². The Bertz CT molecular complexity index is 4220. The molecule has 10 aromatic carbocycles. The minimum absolute atomic E-state index is 0.706. The smallest absolute Gasteiger partial charge is 0.160 e. The van der Waals surface area contributed by atoms with E-state index in [0.717, 1.165) is 61.7 Å². The number of hydrogen-bond acceptors (Lipinski definition) is 2. The molecule has 5 heteroatoms. The molecule has 14 rings (SSSR count). The summed E-state index contributed by atoms with van der Waals surface area (Å²) in [4.78, 5) is 10.1. The summed E-state index contributed by atoms with van der Waals surface area (Å²) in [5, 5.41) is 8.66. The van der Waals surface area contributed by atoms with Crippen LogP contribution in [-0.2, 0) is 0 Å². The molecule has 0 bridgehead atoms. The van der Waals surface area contributed by atoms with Crippen LogP contribution in [0.3, 0.4) is 0 Å². The van der Waals surface area contributed by atoms with Crippen molar-refractivity contribution in [3.8, 4) is 62.1 Å². The molecular weight excluding hydrogens is 839 g/mol. The second kappa shape index (κ2) is 15.7. The number of hydrogen-bond donors (Lipinski definition) is 0. The molecule has 0 aliphatic rings. The zero-order valence-electron chi connectivity index (χ0n) is 37.4. The third-order valence-electron chi connectivity index (χ3n) is 13.9. The molecule has 0 amide bonds. The summed E-state index contributed by atoms with van der Waals surface area (Å²) in [6, 6.07) is 87.0. The molecule has 0 aliphatic heterocycles. The van der Waals surface area contributed by atoms with Crippen molar-refractivity contribution in [2.24, 2.45) is 0 Å². The summed E-state index contributed by atoms with van der Waals surface area (Å²) >= 11 is 0. The van der Waals surface area contributed by atoms with Crippen LogP contribution in [0.2, 0.25) is 0 Å². The summed E-state index contributed by atoms with van der Waals surface area (Å²) < 4.78 is 7.20. The van der Waals surface area contributed by atoms with Crippen LogP contribution in [0.25, 0.3) is 127 Å². The van der Waals surface area contributed by atoms with Gasteiger partial charge < -0.3 is 13.7 Å². The van der Waals surface area contributed by atoms with Gasteiger partial charge in [0, 0.05) is 66.9 Å². The van der Waals surface area contributed by atoms with E-state index in [2.05, 4.69) is 238 Å². The summed E-state index contributed by atoms with van der Waals surface area (Å²) in [6.07, 6.45) is 2.24. The molecule has 14 aromatic rings. The lowest BCUT2D eigenvalue weighted by Gasteiger charge is -2.12. The molecule has 0 fully saturated rings. The Hall–Kier alpha value is -9.32. The highest BCUT2D eigenvalue weighted by molar-refractivity contribution is 6.28. The van der Waals surface area contributed by atoms with Gasteiger partial charge in [0.2, 0.25) is 0 Å². The quantitative estimate of drug-likeness (QED) is 0.160. The first-order chi connectivity index (χ1) is 34.2. The topological polar surface area (TPSA) is 40.6 Å². The van der Waals surface area contributed by atoms with E-state index in [0.29, 0.717) is 5.82 Å². The van der Waals surface area contributed by atoms with Gasteiger partial charge in [-0.1, -0.05) is 170 Å². The molecule has 0 spiro atoms. The normalized spacial score (nSPS) is 11.8. The van der Waals surface area contributed by atoms with E-state index in [1.807, 2.05) is 24.3 Å². The first-order valence-corrected chi connectivity index (χ1v) is 23.5. The summed E-state index contributed by atoms with van der Waals surface area (Å²) in [5.74, 6) is 0.706. The lowest BCUT2D eigenvalue weighted by atomic mass is 10.0. The molecule has 0 unspecified atom stereocenters. The Balaban J connectivity index is 0.916. The van der Waals surface area contributed by atoms with Crippen LogP contribution in [0.4, 0.5) is 0 Å². The average Bonchev–Trinajstić information content (AvgIpc) is 4.12. The standard InChI is InChI=1S/C64H41N5/c1-4-15-42(16-5-1)47-22-14-23-50(39-47)69-59-34-29-43-17-10-11-24-51(43)62(59)63-54-37-38-67(57(54)35-36-60(63)69)49-32-33-53-52-25-12-13-26-58(52)68(61(53)40-49)48-30-27-45(28-31-48)56-41-55(44-18-6-2-7-19-44)65-64(66-56)46-20-8-3-9-21-46/h1-41H. The molecule has 0 saturated carbocycles. The third kappa shape index (κ3) is 6.32. The Morgan fingerprint density at radius 1 is 0.275 bits per heavy atom. The second-order valence-corrected chi connectivity index (χ2v) is 17.8. The maximum absolute atomic E-state index is 5.12. The average molecular weight is 880 g/mol. The van der Waals surface area contributed by atoms with E-state index >= 15 is 0 Å². The van der Waals surface area contributed by atoms with Gasteiger partial charge in [-0.05, 0) is 94.7 Å². The number of benzene rings is 10. The highest BCUT2D eigenvalue weighted by atomic mass is 15.0. The van der Waals surface area contributed by atoms with Crippen LogP contribution in [0.1, 0.15) is 0 Å². The third-order valence-corrected chi connectivity index (χ3v) is 13.9. The highest BCUT2D eigenvalue weighted by Crippen LogP contribution is 2.42. The molecule has 0 saturated heterocycles. The zero-order chi connectivity index (χ0) is 45.4. The zero-order valence-corrected chi connectivity index (χ0v) is 37.4. The fraction of sp³-hybridized carbons (Fsp3) is 0. The van der Waals surface area contributed by atoms with E-state index in [1.54, 1.807) is 0 Å². The van der Waals surface area contributed by atoms with Gasteiger partial charge in [-0.2, -0.15) is 0 Å². The van der Waals surface area contributed by atoms with Gasteiger partial charge in [-0.25, -0.2) is 9.97 Å². The van der Waals surface area contributed by atoms with Gasteiger partial charge in [0.05, 0.1) is 39.0 Å². The first kappa shape index (κ1) is 38.9. The van der Waals surface area contributed by atoms with Crippen molar-refractivity contribution in [1.29, 1.82) is 0 Å². The summed E-state index contributed by atoms with van der Waals surface area (Å²) in [7, 11) is 0. The van der Waals surface area contributed by atoms with E-state index in [4.69, 9.17) is 9.97 Å². The van der Waals surface area contributed by atoms with Gasteiger partial charge in [-0.3, -0.25) is 0 Å².